The summed E-state index contributed by atoms with van der Waals surface area (Å²) in [5, 5.41) is 18.4. The Morgan fingerprint density at radius 1 is 0.950 bits per heavy atom. The Hall–Kier alpha value is -2.00. The molecule has 20 heavy (non-hydrogen) atoms. The first kappa shape index (κ1) is 13.0. The molecule has 1 aliphatic rings. The monoisotopic (exact) mass is 278 g/mol. The molecule has 2 N–H and O–H groups in total. The van der Waals surface area contributed by atoms with Crippen LogP contribution in [-0.4, -0.2) is 19.5 Å². The van der Waals surface area contributed by atoms with Gasteiger partial charge in [-0.3, -0.25) is 0 Å². The van der Waals surface area contributed by atoms with Gasteiger partial charge in [-0.1, -0.05) is 67.7 Å². The molecule has 0 bridgehead atoms. The summed E-state index contributed by atoms with van der Waals surface area (Å²) in [6.45, 7) is 4.55. The fraction of sp³-hybridized carbons (Fsp3) is 0.176. The lowest BCUT2D eigenvalue weighted by molar-refractivity contribution is 1.31. The maximum absolute atomic E-state index is 8.58. The Morgan fingerprint density at radius 3 is 2.20 bits per heavy atom. The lowest BCUT2D eigenvalue weighted by Crippen LogP contribution is -2.45. The minimum atomic E-state index is -1.85. The van der Waals surface area contributed by atoms with Crippen LogP contribution in [0.1, 0.15) is 11.1 Å². The van der Waals surface area contributed by atoms with Crippen molar-refractivity contribution in [3.63, 3.8) is 0 Å². The molecule has 0 saturated heterocycles. The molecule has 3 rings (SSSR count). The summed E-state index contributed by atoms with van der Waals surface area (Å²) in [6, 6.07) is 18.1. The molecule has 1 heterocycles. The summed E-state index contributed by atoms with van der Waals surface area (Å²) in [6.07, 6.45) is 0. The van der Waals surface area contributed by atoms with Gasteiger partial charge in [-0.25, -0.2) is 0 Å². The highest BCUT2D eigenvalue weighted by Crippen LogP contribution is 2.35. The van der Waals surface area contributed by atoms with E-state index in [1.165, 1.54) is 5.19 Å². The van der Waals surface area contributed by atoms with Crippen LogP contribution in [0.4, 0.5) is 0 Å². The Bertz CT molecular complexity index is 689. The third-order valence-electron chi connectivity index (χ3n) is 4.30. The van der Waals surface area contributed by atoms with Gasteiger partial charge in [-0.15, -0.1) is 0 Å². The topological polar surface area (TPSA) is 47.7 Å². The van der Waals surface area contributed by atoms with Crippen molar-refractivity contribution in [3.05, 3.63) is 65.7 Å². The number of nitrogens with one attached hydrogen (secondary N) is 2. The zero-order valence-electron chi connectivity index (χ0n) is 11.8. The predicted molar refractivity (Wildman–Crippen MR) is 87.4 cm³/mol. The van der Waals surface area contributed by atoms with Crippen molar-refractivity contribution in [1.29, 1.82) is 10.8 Å². The second kappa shape index (κ2) is 4.53. The van der Waals surface area contributed by atoms with Gasteiger partial charge >= 0.3 is 0 Å². The number of rotatable bonds is 2. The van der Waals surface area contributed by atoms with Gasteiger partial charge in [-0.2, -0.15) is 0 Å². The second-order valence-electron chi connectivity index (χ2n) is 5.89. The van der Waals surface area contributed by atoms with E-state index in [-0.39, 0.29) is 5.54 Å². The number of hydrogen-bond acceptors (Lipinski definition) is 2. The average molecular weight is 278 g/mol. The van der Waals surface area contributed by atoms with E-state index in [1.54, 1.807) is 0 Å². The van der Waals surface area contributed by atoms with Crippen LogP contribution in [0.25, 0.3) is 0 Å². The smallest absolute Gasteiger partial charge is 0.0975 e. The summed E-state index contributed by atoms with van der Waals surface area (Å²) in [7, 11) is -1.85. The Balaban J connectivity index is 2.09. The molecule has 0 spiro atoms. The summed E-state index contributed by atoms with van der Waals surface area (Å²) >= 11 is 0. The van der Waals surface area contributed by atoms with Gasteiger partial charge in [0.2, 0.25) is 0 Å². The van der Waals surface area contributed by atoms with Crippen molar-refractivity contribution in [3.8, 4) is 0 Å². The van der Waals surface area contributed by atoms with Crippen molar-refractivity contribution in [1.82, 2.24) is 0 Å². The van der Waals surface area contributed by atoms with Gasteiger partial charge in [0.1, 0.15) is 0 Å². The van der Waals surface area contributed by atoms with Crippen molar-refractivity contribution >= 4 is 24.7 Å². The molecule has 0 saturated carbocycles. The molecule has 2 nitrogen and oxygen atoms in total. The first-order valence-corrected chi connectivity index (χ1v) is 9.93. The van der Waals surface area contributed by atoms with Gasteiger partial charge in [0.25, 0.3) is 0 Å². The molecule has 2 aromatic rings. The molecule has 0 fully saturated rings. The molecule has 1 aliphatic heterocycles. The Labute approximate surface area is 120 Å². The standard InChI is InChI=1S/C17H18N2Si/c1-20(2)14-11-7-6-10-13(14)16(19)17(20)15(18)12-8-4-3-5-9-12/h3-11,17-19H,1-2H3. The Kier molecular flexibility index (Phi) is 2.94. The lowest BCUT2D eigenvalue weighted by atomic mass is 10.0. The molecule has 0 aromatic heterocycles. The molecule has 0 amide bonds. The number of fused-ring (bicyclic) bond motifs is 1. The van der Waals surface area contributed by atoms with Crippen LogP contribution in [0.15, 0.2) is 54.6 Å². The van der Waals surface area contributed by atoms with Crippen LogP contribution < -0.4 is 5.19 Å². The summed E-state index contributed by atoms with van der Waals surface area (Å²) < 4.78 is 0. The number of hydrogen-bond donors (Lipinski definition) is 2. The molecule has 100 valence electrons. The SMILES string of the molecule is C[Si]1(C)c2ccccc2C(=N)C1C(=N)c1ccccc1. The van der Waals surface area contributed by atoms with Crippen molar-refractivity contribution in [2.75, 3.05) is 0 Å². The minimum absolute atomic E-state index is 0.0395. The van der Waals surface area contributed by atoms with Crippen LogP contribution in [0.2, 0.25) is 18.6 Å². The molecule has 2 aromatic carbocycles. The van der Waals surface area contributed by atoms with Gasteiger partial charge in [0, 0.05) is 17.0 Å². The van der Waals surface area contributed by atoms with Crippen molar-refractivity contribution < 1.29 is 0 Å². The average Bonchev–Trinajstić information content (AvgIpc) is 2.67. The molecular formula is C17H18N2Si. The molecule has 1 atom stereocenters. The molecule has 1 unspecified atom stereocenters. The van der Waals surface area contributed by atoms with E-state index < -0.39 is 8.07 Å². The maximum atomic E-state index is 8.58. The highest BCUT2D eigenvalue weighted by Gasteiger charge is 2.47. The van der Waals surface area contributed by atoms with Crippen LogP contribution in [-0.2, 0) is 0 Å². The number of benzene rings is 2. The van der Waals surface area contributed by atoms with Gasteiger partial charge in [0.15, 0.2) is 0 Å². The predicted octanol–water partition coefficient (Wildman–Crippen LogP) is 3.42. The van der Waals surface area contributed by atoms with E-state index in [1.807, 2.05) is 42.5 Å². The van der Waals surface area contributed by atoms with E-state index >= 15 is 0 Å². The molecule has 3 heteroatoms. The van der Waals surface area contributed by atoms with E-state index in [0.29, 0.717) is 11.4 Å². The fourth-order valence-electron chi connectivity index (χ4n) is 3.24. The second-order valence-corrected chi connectivity index (χ2v) is 10.5. The van der Waals surface area contributed by atoms with Gasteiger partial charge in [-0.05, 0) is 16.3 Å². The van der Waals surface area contributed by atoms with Crippen molar-refractivity contribution in [2.24, 2.45) is 0 Å². The summed E-state index contributed by atoms with van der Waals surface area (Å²) in [4.78, 5) is 0. The highest BCUT2D eigenvalue weighted by atomic mass is 28.3. The van der Waals surface area contributed by atoms with Crippen LogP contribution in [0.5, 0.6) is 0 Å². The van der Waals surface area contributed by atoms with E-state index in [2.05, 4.69) is 25.2 Å². The maximum Gasteiger partial charge on any atom is 0.0975 e. The van der Waals surface area contributed by atoms with E-state index in [9.17, 15) is 0 Å². The van der Waals surface area contributed by atoms with Crippen LogP contribution in [0.3, 0.4) is 0 Å². The zero-order valence-corrected chi connectivity index (χ0v) is 12.8. The Morgan fingerprint density at radius 2 is 1.55 bits per heavy atom. The third-order valence-corrected chi connectivity index (χ3v) is 8.14. The lowest BCUT2D eigenvalue weighted by Gasteiger charge is -2.26. The third kappa shape index (κ3) is 1.78. The molecular weight excluding hydrogens is 260 g/mol. The zero-order chi connectivity index (χ0) is 14.3. The fourth-order valence-corrected chi connectivity index (χ4v) is 6.76. The van der Waals surface area contributed by atoms with Crippen LogP contribution in [0, 0.1) is 10.8 Å². The van der Waals surface area contributed by atoms with E-state index in [0.717, 1.165) is 11.1 Å². The normalized spacial score (nSPS) is 19.7. The first-order valence-electron chi connectivity index (χ1n) is 6.85. The summed E-state index contributed by atoms with van der Waals surface area (Å²) in [5.74, 6) is 0. The summed E-state index contributed by atoms with van der Waals surface area (Å²) in [5.41, 5.74) is 3.18. The quantitative estimate of drug-likeness (QED) is 0.625. The highest BCUT2D eigenvalue weighted by molar-refractivity contribution is 7.00. The van der Waals surface area contributed by atoms with Gasteiger partial charge in [0.05, 0.1) is 8.07 Å². The van der Waals surface area contributed by atoms with E-state index in [4.69, 9.17) is 10.8 Å². The molecule has 0 radical (unpaired) electrons. The first-order chi connectivity index (χ1) is 9.53. The largest absolute Gasteiger partial charge is 0.304 e. The molecule has 0 aliphatic carbocycles. The van der Waals surface area contributed by atoms with Crippen molar-refractivity contribution in [2.45, 2.75) is 18.6 Å². The van der Waals surface area contributed by atoms with Gasteiger partial charge < -0.3 is 10.8 Å². The van der Waals surface area contributed by atoms with Crippen LogP contribution >= 0.6 is 0 Å². The minimum Gasteiger partial charge on any atom is -0.304 e.